The zero-order valence-corrected chi connectivity index (χ0v) is 13.5. The molecular formula is C13H17Cl2NO3S. The van der Waals surface area contributed by atoms with Gasteiger partial charge in [0.25, 0.3) is 0 Å². The van der Waals surface area contributed by atoms with Gasteiger partial charge in [0, 0.05) is 31.1 Å². The summed E-state index contributed by atoms with van der Waals surface area (Å²) in [5, 5.41) is 0.473. The van der Waals surface area contributed by atoms with Crippen LogP contribution in [0.5, 0.6) is 0 Å². The zero-order valence-electron chi connectivity index (χ0n) is 11.2. The summed E-state index contributed by atoms with van der Waals surface area (Å²) in [6, 6.07) is 4.59. The molecule has 1 aliphatic heterocycles. The van der Waals surface area contributed by atoms with Crippen LogP contribution in [-0.4, -0.2) is 39.0 Å². The van der Waals surface area contributed by atoms with Crippen molar-refractivity contribution < 1.29 is 13.2 Å². The normalized spacial score (nSPS) is 19.7. The summed E-state index contributed by atoms with van der Waals surface area (Å²) in [5.74, 6) is 0.178. The predicted molar refractivity (Wildman–Crippen MR) is 79.8 cm³/mol. The number of alkyl halides is 1. The second kappa shape index (κ2) is 6.62. The van der Waals surface area contributed by atoms with Crippen molar-refractivity contribution in [3.05, 3.63) is 28.8 Å². The standard InChI is InChI=1S/C13H17Cl2NO3S/c1-16(9-11-3-2-6-19-11)20(17,18)12-4-5-13(15)10(7-12)8-14/h4-5,7,11H,2-3,6,8-9H2,1H3. The molecule has 0 aromatic heterocycles. The van der Waals surface area contributed by atoms with Crippen molar-refractivity contribution in [3.8, 4) is 0 Å². The van der Waals surface area contributed by atoms with Crippen molar-refractivity contribution in [3.63, 3.8) is 0 Å². The van der Waals surface area contributed by atoms with Crippen LogP contribution in [0.4, 0.5) is 0 Å². The maximum absolute atomic E-state index is 12.5. The van der Waals surface area contributed by atoms with Crippen LogP contribution in [0.2, 0.25) is 5.02 Å². The maximum Gasteiger partial charge on any atom is 0.242 e. The highest BCUT2D eigenvalue weighted by Gasteiger charge is 2.26. The Labute approximate surface area is 129 Å². The van der Waals surface area contributed by atoms with Crippen molar-refractivity contribution >= 4 is 33.2 Å². The van der Waals surface area contributed by atoms with E-state index in [2.05, 4.69) is 0 Å². The Kier molecular flexibility index (Phi) is 5.31. The first-order valence-corrected chi connectivity index (χ1v) is 8.72. The van der Waals surface area contributed by atoms with Gasteiger partial charge >= 0.3 is 0 Å². The van der Waals surface area contributed by atoms with E-state index in [0.29, 0.717) is 23.7 Å². The number of hydrogen-bond donors (Lipinski definition) is 0. The molecule has 1 aliphatic rings. The molecule has 1 unspecified atom stereocenters. The van der Waals surface area contributed by atoms with Gasteiger partial charge in [0.05, 0.1) is 11.0 Å². The summed E-state index contributed by atoms with van der Waals surface area (Å²) in [4.78, 5) is 0.207. The Hall–Kier alpha value is -0.330. The quantitative estimate of drug-likeness (QED) is 0.776. The fraction of sp³-hybridized carbons (Fsp3) is 0.538. The number of nitrogens with zero attached hydrogens (tertiary/aromatic N) is 1. The van der Waals surface area contributed by atoms with Crippen molar-refractivity contribution in [2.24, 2.45) is 0 Å². The topological polar surface area (TPSA) is 46.6 Å². The van der Waals surface area contributed by atoms with E-state index < -0.39 is 10.0 Å². The first-order valence-electron chi connectivity index (χ1n) is 6.37. The number of hydrogen-bond acceptors (Lipinski definition) is 3. The summed E-state index contributed by atoms with van der Waals surface area (Å²) in [6.45, 7) is 1.07. The van der Waals surface area contributed by atoms with E-state index >= 15 is 0 Å². The average molecular weight is 338 g/mol. The van der Waals surface area contributed by atoms with Crippen LogP contribution in [0.1, 0.15) is 18.4 Å². The number of rotatable bonds is 5. The molecule has 112 valence electrons. The van der Waals surface area contributed by atoms with Crippen LogP contribution in [0.25, 0.3) is 0 Å². The number of ether oxygens (including phenoxy) is 1. The van der Waals surface area contributed by atoms with Gasteiger partial charge in [0.2, 0.25) is 10.0 Å². The van der Waals surface area contributed by atoms with Gasteiger partial charge in [0.1, 0.15) is 0 Å². The van der Waals surface area contributed by atoms with Crippen LogP contribution in [0.3, 0.4) is 0 Å². The highest BCUT2D eigenvalue weighted by Crippen LogP contribution is 2.24. The third-order valence-electron chi connectivity index (χ3n) is 3.35. The number of benzene rings is 1. The van der Waals surface area contributed by atoms with E-state index in [-0.39, 0.29) is 16.9 Å². The van der Waals surface area contributed by atoms with Gasteiger partial charge in [-0.05, 0) is 36.6 Å². The van der Waals surface area contributed by atoms with E-state index in [1.807, 2.05) is 0 Å². The molecule has 0 amide bonds. The molecule has 0 aliphatic carbocycles. The molecule has 1 saturated heterocycles. The minimum atomic E-state index is -3.54. The Balaban J connectivity index is 2.20. The number of halogens is 2. The largest absolute Gasteiger partial charge is 0.377 e. The molecule has 0 radical (unpaired) electrons. The molecule has 1 aromatic rings. The molecule has 2 rings (SSSR count). The highest BCUT2D eigenvalue weighted by molar-refractivity contribution is 7.89. The Morgan fingerprint density at radius 1 is 1.45 bits per heavy atom. The molecule has 7 heteroatoms. The van der Waals surface area contributed by atoms with Crippen LogP contribution in [-0.2, 0) is 20.6 Å². The van der Waals surface area contributed by atoms with Gasteiger partial charge < -0.3 is 4.74 Å². The minimum Gasteiger partial charge on any atom is -0.377 e. The van der Waals surface area contributed by atoms with Crippen LogP contribution < -0.4 is 0 Å². The number of likely N-dealkylation sites (N-methyl/N-ethyl adjacent to an activating group) is 1. The van der Waals surface area contributed by atoms with E-state index in [4.69, 9.17) is 27.9 Å². The van der Waals surface area contributed by atoms with E-state index in [0.717, 1.165) is 12.8 Å². The predicted octanol–water partition coefficient (Wildman–Crippen LogP) is 2.88. The van der Waals surface area contributed by atoms with Gasteiger partial charge in [-0.15, -0.1) is 11.6 Å². The Morgan fingerprint density at radius 2 is 2.20 bits per heavy atom. The molecular weight excluding hydrogens is 321 g/mol. The third kappa shape index (κ3) is 3.46. The summed E-state index contributed by atoms with van der Waals surface area (Å²) < 4.78 is 31.8. The van der Waals surface area contributed by atoms with Gasteiger partial charge in [-0.1, -0.05) is 11.6 Å². The van der Waals surface area contributed by atoms with Crippen molar-refractivity contribution in [2.75, 3.05) is 20.2 Å². The number of sulfonamides is 1. The molecule has 1 aromatic carbocycles. The summed E-state index contributed by atoms with van der Waals surface area (Å²) in [5.41, 5.74) is 0.611. The minimum absolute atomic E-state index is 0.0189. The smallest absolute Gasteiger partial charge is 0.242 e. The van der Waals surface area contributed by atoms with Crippen LogP contribution in [0, 0.1) is 0 Å². The summed E-state index contributed by atoms with van der Waals surface area (Å²) >= 11 is 11.7. The molecule has 20 heavy (non-hydrogen) atoms. The van der Waals surface area contributed by atoms with Crippen molar-refractivity contribution in [1.29, 1.82) is 0 Å². The van der Waals surface area contributed by atoms with E-state index in [1.165, 1.54) is 16.4 Å². The molecule has 0 N–H and O–H groups in total. The van der Waals surface area contributed by atoms with Crippen molar-refractivity contribution in [2.45, 2.75) is 29.7 Å². The summed E-state index contributed by atoms with van der Waals surface area (Å²) in [6.07, 6.45) is 1.86. The third-order valence-corrected chi connectivity index (χ3v) is 5.83. The second-order valence-corrected chi connectivity index (χ2v) is 7.53. The van der Waals surface area contributed by atoms with Crippen molar-refractivity contribution in [1.82, 2.24) is 4.31 Å². The molecule has 1 heterocycles. The lowest BCUT2D eigenvalue weighted by Crippen LogP contribution is -2.34. The van der Waals surface area contributed by atoms with E-state index in [9.17, 15) is 8.42 Å². The first kappa shape index (κ1) is 16.0. The maximum atomic E-state index is 12.5. The van der Waals surface area contributed by atoms with Gasteiger partial charge in [0.15, 0.2) is 0 Å². The molecule has 1 atom stereocenters. The lowest BCUT2D eigenvalue weighted by molar-refractivity contribution is 0.0979. The van der Waals surface area contributed by atoms with Crippen LogP contribution in [0.15, 0.2) is 23.1 Å². The SMILES string of the molecule is CN(CC1CCCO1)S(=O)(=O)c1ccc(Cl)c(CCl)c1. The first-order chi connectivity index (χ1) is 9.45. The fourth-order valence-corrected chi connectivity index (χ4v) is 3.89. The lowest BCUT2D eigenvalue weighted by atomic mass is 10.2. The van der Waals surface area contributed by atoms with Crippen LogP contribution >= 0.6 is 23.2 Å². The molecule has 0 saturated carbocycles. The highest BCUT2D eigenvalue weighted by atomic mass is 35.5. The fourth-order valence-electron chi connectivity index (χ4n) is 2.17. The summed E-state index contributed by atoms with van der Waals surface area (Å²) in [7, 11) is -1.98. The molecule has 0 spiro atoms. The molecule has 1 fully saturated rings. The Morgan fingerprint density at radius 3 is 2.80 bits per heavy atom. The van der Waals surface area contributed by atoms with Gasteiger partial charge in [-0.3, -0.25) is 0 Å². The molecule has 0 bridgehead atoms. The zero-order chi connectivity index (χ0) is 14.8. The lowest BCUT2D eigenvalue weighted by Gasteiger charge is -2.21. The molecule has 4 nitrogen and oxygen atoms in total. The second-order valence-electron chi connectivity index (χ2n) is 4.81. The average Bonchev–Trinajstić information content (AvgIpc) is 2.91. The van der Waals surface area contributed by atoms with Gasteiger partial charge in [-0.25, -0.2) is 8.42 Å². The van der Waals surface area contributed by atoms with E-state index in [1.54, 1.807) is 13.1 Å². The van der Waals surface area contributed by atoms with Gasteiger partial charge in [-0.2, -0.15) is 4.31 Å². The monoisotopic (exact) mass is 337 g/mol. The Bertz CT molecular complexity index is 571.